The minimum atomic E-state index is -4.54. The van der Waals surface area contributed by atoms with Gasteiger partial charge in [-0.15, -0.1) is 4.98 Å². The first-order valence-electron chi connectivity index (χ1n) is 7.21. The van der Waals surface area contributed by atoms with Crippen LogP contribution in [0.15, 0.2) is 24.7 Å². The van der Waals surface area contributed by atoms with Gasteiger partial charge in [-0.3, -0.25) is 9.48 Å². The molecular formula is C16H15F3N4O2. The van der Waals surface area contributed by atoms with Crippen molar-refractivity contribution in [2.75, 3.05) is 0 Å². The third kappa shape index (κ3) is 4.42. The van der Waals surface area contributed by atoms with Crippen LogP contribution in [-0.4, -0.2) is 31.3 Å². The maximum atomic E-state index is 12.6. The molecule has 132 valence electrons. The first-order chi connectivity index (χ1) is 11.5. The summed E-state index contributed by atoms with van der Waals surface area (Å²) in [6, 6.07) is 1.62. The number of alkyl halides is 3. The van der Waals surface area contributed by atoms with Gasteiger partial charge in [0, 0.05) is 18.2 Å². The molecule has 0 amide bonds. The number of aromatic nitrogens is 3. The van der Waals surface area contributed by atoms with Crippen LogP contribution in [-0.2, 0) is 23.9 Å². The number of ketones is 1. The zero-order valence-corrected chi connectivity index (χ0v) is 13.5. The van der Waals surface area contributed by atoms with Crippen molar-refractivity contribution in [2.24, 2.45) is 0 Å². The van der Waals surface area contributed by atoms with Gasteiger partial charge in [0.1, 0.15) is 11.8 Å². The van der Waals surface area contributed by atoms with Gasteiger partial charge in [-0.1, -0.05) is 12.6 Å². The summed E-state index contributed by atoms with van der Waals surface area (Å²) in [5.41, 5.74) is -1.75. The third-order valence-corrected chi connectivity index (χ3v) is 3.61. The number of halogens is 3. The molecule has 25 heavy (non-hydrogen) atoms. The van der Waals surface area contributed by atoms with Gasteiger partial charge in [0.25, 0.3) is 5.82 Å². The number of carbonyl (C=O) groups is 1. The lowest BCUT2D eigenvalue weighted by atomic mass is 9.95. The minimum absolute atomic E-state index is 0.160. The standard InChI is InChI=1S/C16H15F3N4O2/c1-10-4-11(6-21-14(10)20-3)5-13(24)15(2,25)9-23-8-12(7-22-23)16(17,18)19/h4,6-8,25H,5,9H2,1-2H3/t15-/m0/s1. The smallest absolute Gasteiger partial charge is 0.380 e. The lowest BCUT2D eigenvalue weighted by Crippen LogP contribution is -2.41. The SMILES string of the molecule is [C-]#[N+]c1ncc(CC(=O)[C@@](C)(O)Cn2cc(C(F)(F)F)cn2)cc1C. The highest BCUT2D eigenvalue weighted by Crippen LogP contribution is 2.28. The monoisotopic (exact) mass is 352 g/mol. The Kier molecular flexibility index (Phi) is 4.94. The quantitative estimate of drug-likeness (QED) is 0.840. The van der Waals surface area contributed by atoms with Gasteiger partial charge in [0.2, 0.25) is 0 Å². The molecule has 0 spiro atoms. The second kappa shape index (κ2) is 6.64. The number of hydrogen-bond acceptors (Lipinski definition) is 4. The molecule has 1 atom stereocenters. The summed E-state index contributed by atoms with van der Waals surface area (Å²) in [4.78, 5) is 19.4. The van der Waals surface area contributed by atoms with E-state index in [2.05, 4.69) is 14.9 Å². The lowest BCUT2D eigenvalue weighted by Gasteiger charge is -2.21. The van der Waals surface area contributed by atoms with E-state index < -0.39 is 29.7 Å². The summed E-state index contributed by atoms with van der Waals surface area (Å²) in [6.07, 6.45) is -1.96. The van der Waals surface area contributed by atoms with Crippen LogP contribution in [0.2, 0.25) is 0 Å². The highest BCUT2D eigenvalue weighted by molar-refractivity contribution is 5.88. The number of hydrogen-bond donors (Lipinski definition) is 1. The predicted octanol–water partition coefficient (Wildman–Crippen LogP) is 2.72. The number of nitrogens with zero attached hydrogens (tertiary/aromatic N) is 4. The van der Waals surface area contributed by atoms with E-state index in [0.29, 0.717) is 17.3 Å². The molecule has 9 heteroatoms. The first kappa shape index (κ1) is 18.6. The van der Waals surface area contributed by atoms with Crippen LogP contribution >= 0.6 is 0 Å². The Morgan fingerprint density at radius 2 is 2.08 bits per heavy atom. The fourth-order valence-corrected chi connectivity index (χ4v) is 2.22. The number of carbonyl (C=O) groups excluding carboxylic acids is 1. The van der Waals surface area contributed by atoms with Crippen molar-refractivity contribution >= 4 is 11.6 Å². The van der Waals surface area contributed by atoms with Crippen LogP contribution in [0.25, 0.3) is 4.85 Å². The summed E-state index contributed by atoms with van der Waals surface area (Å²) in [5.74, 6) is -0.368. The average molecular weight is 352 g/mol. The van der Waals surface area contributed by atoms with Crippen LogP contribution in [0.1, 0.15) is 23.6 Å². The lowest BCUT2D eigenvalue weighted by molar-refractivity contribution is -0.137. The number of pyridine rings is 1. The molecule has 0 aromatic carbocycles. The molecule has 0 aliphatic heterocycles. The van der Waals surface area contributed by atoms with Crippen LogP contribution in [0.3, 0.4) is 0 Å². The van der Waals surface area contributed by atoms with E-state index in [0.717, 1.165) is 10.9 Å². The van der Waals surface area contributed by atoms with Crippen molar-refractivity contribution < 1.29 is 23.1 Å². The molecule has 0 saturated carbocycles. The van der Waals surface area contributed by atoms with Crippen molar-refractivity contribution in [1.29, 1.82) is 0 Å². The van der Waals surface area contributed by atoms with Crippen molar-refractivity contribution in [3.63, 3.8) is 0 Å². The number of Topliss-reactive ketones (excluding diaryl/α,β-unsaturated/α-hetero) is 1. The molecule has 1 N–H and O–H groups in total. The molecule has 0 bridgehead atoms. The number of aliphatic hydroxyl groups is 1. The largest absolute Gasteiger partial charge is 0.419 e. The van der Waals surface area contributed by atoms with Crippen LogP contribution in [0, 0.1) is 13.5 Å². The third-order valence-electron chi connectivity index (χ3n) is 3.61. The number of aryl methyl sites for hydroxylation is 1. The van der Waals surface area contributed by atoms with Crippen molar-refractivity contribution in [1.82, 2.24) is 14.8 Å². The predicted molar refractivity (Wildman–Crippen MR) is 81.8 cm³/mol. The molecular weight excluding hydrogens is 337 g/mol. The molecule has 0 aliphatic rings. The van der Waals surface area contributed by atoms with E-state index in [9.17, 15) is 23.1 Å². The van der Waals surface area contributed by atoms with Gasteiger partial charge in [0.15, 0.2) is 5.78 Å². The van der Waals surface area contributed by atoms with Crippen molar-refractivity contribution in [3.8, 4) is 0 Å². The first-order valence-corrected chi connectivity index (χ1v) is 7.21. The van der Waals surface area contributed by atoms with Gasteiger partial charge in [-0.05, 0) is 19.4 Å². The van der Waals surface area contributed by atoms with Gasteiger partial charge in [-0.25, -0.2) is 0 Å². The van der Waals surface area contributed by atoms with Gasteiger partial charge in [0.05, 0.1) is 18.3 Å². The minimum Gasteiger partial charge on any atom is -0.380 e. The Labute approximate surface area is 141 Å². The van der Waals surface area contributed by atoms with Crippen LogP contribution < -0.4 is 0 Å². The topological polar surface area (TPSA) is 72.4 Å². The van der Waals surface area contributed by atoms with E-state index in [-0.39, 0.29) is 12.2 Å². The Hall–Kier alpha value is -2.73. The second-order valence-corrected chi connectivity index (χ2v) is 5.89. The van der Waals surface area contributed by atoms with Gasteiger partial charge >= 0.3 is 6.18 Å². The summed E-state index contributed by atoms with van der Waals surface area (Å²) in [5, 5.41) is 13.9. The van der Waals surface area contributed by atoms with Crippen LogP contribution in [0.5, 0.6) is 0 Å². The summed E-state index contributed by atoms with van der Waals surface area (Å²) in [6.45, 7) is 9.42. The maximum absolute atomic E-state index is 12.6. The molecule has 0 unspecified atom stereocenters. The molecule has 0 radical (unpaired) electrons. The summed E-state index contributed by atoms with van der Waals surface area (Å²) < 4.78 is 38.6. The highest BCUT2D eigenvalue weighted by atomic mass is 19.4. The molecule has 0 fully saturated rings. The fraction of sp³-hybridized carbons (Fsp3) is 0.375. The van der Waals surface area contributed by atoms with Gasteiger partial charge < -0.3 is 9.95 Å². The Balaban J connectivity index is 2.11. The Bertz CT molecular complexity index is 835. The van der Waals surface area contributed by atoms with Crippen LogP contribution in [0.4, 0.5) is 19.0 Å². The van der Waals surface area contributed by atoms with E-state index in [1.807, 2.05) is 0 Å². The van der Waals surface area contributed by atoms with E-state index in [1.54, 1.807) is 13.0 Å². The van der Waals surface area contributed by atoms with Crippen molar-refractivity contribution in [3.05, 3.63) is 52.8 Å². The summed E-state index contributed by atoms with van der Waals surface area (Å²) in [7, 11) is 0. The number of rotatable bonds is 5. The molecule has 0 aliphatic carbocycles. The zero-order valence-electron chi connectivity index (χ0n) is 13.5. The zero-order chi connectivity index (χ0) is 18.8. The average Bonchev–Trinajstić information content (AvgIpc) is 2.95. The Morgan fingerprint density at radius 1 is 1.40 bits per heavy atom. The second-order valence-electron chi connectivity index (χ2n) is 5.89. The normalized spacial score (nSPS) is 14.0. The Morgan fingerprint density at radius 3 is 2.60 bits per heavy atom. The fourth-order valence-electron chi connectivity index (χ4n) is 2.22. The molecule has 2 aromatic rings. The molecule has 6 nitrogen and oxygen atoms in total. The van der Waals surface area contributed by atoms with E-state index in [1.165, 1.54) is 13.1 Å². The van der Waals surface area contributed by atoms with E-state index >= 15 is 0 Å². The van der Waals surface area contributed by atoms with Gasteiger partial charge in [-0.2, -0.15) is 18.3 Å². The molecule has 0 saturated heterocycles. The molecule has 2 rings (SSSR count). The highest BCUT2D eigenvalue weighted by Gasteiger charge is 2.35. The molecule has 2 aromatic heterocycles. The molecule has 2 heterocycles. The summed E-state index contributed by atoms with van der Waals surface area (Å²) >= 11 is 0. The maximum Gasteiger partial charge on any atom is 0.419 e. The van der Waals surface area contributed by atoms with E-state index in [4.69, 9.17) is 6.57 Å². The van der Waals surface area contributed by atoms with Crippen molar-refractivity contribution in [2.45, 2.75) is 38.6 Å².